The van der Waals surface area contributed by atoms with Gasteiger partial charge in [0.25, 0.3) is 0 Å². The largest absolute Gasteiger partial charge is 0.492 e. The van der Waals surface area contributed by atoms with Crippen LogP contribution in [-0.2, 0) is 0 Å². The van der Waals surface area contributed by atoms with Crippen LogP contribution in [0.2, 0.25) is 0 Å². The first-order chi connectivity index (χ1) is 11.1. The number of aliphatic hydroxyl groups excluding tert-OH is 1. The lowest BCUT2D eigenvalue weighted by molar-refractivity contribution is 0.0696. The molecule has 1 aliphatic heterocycles. The quantitative estimate of drug-likeness (QED) is 0.759. The van der Waals surface area contributed by atoms with E-state index in [0.717, 1.165) is 30.8 Å². The fourth-order valence-electron chi connectivity index (χ4n) is 3.09. The molecule has 0 spiro atoms. The number of thiazole rings is 1. The second-order valence-corrected chi connectivity index (χ2v) is 7.82. The van der Waals surface area contributed by atoms with Crippen molar-refractivity contribution in [1.29, 1.82) is 0 Å². The number of nitrogens with zero attached hydrogens (tertiary/aromatic N) is 4. The third-order valence-electron chi connectivity index (χ3n) is 4.23. The number of aromatic nitrogens is 3. The third kappa shape index (κ3) is 2.65. The molecule has 122 valence electrons. The van der Waals surface area contributed by atoms with Gasteiger partial charge in [-0.25, -0.2) is 4.98 Å². The molecule has 8 heteroatoms. The van der Waals surface area contributed by atoms with Crippen LogP contribution in [0, 0.1) is 6.92 Å². The van der Waals surface area contributed by atoms with Gasteiger partial charge in [0.1, 0.15) is 5.82 Å². The number of aromatic hydroxyl groups is 1. The Hall–Kier alpha value is -1.48. The standard InChI is InChI=1S/C15H18N4O2S2/c1-9-16-15-19(17-9)14(21)13(23-15)12(11-3-2-8-22-11)18-6-4-10(20)5-7-18/h2-3,8,10,12,20-21H,4-7H2,1H3. The van der Waals surface area contributed by atoms with E-state index in [0.29, 0.717) is 10.8 Å². The van der Waals surface area contributed by atoms with Crippen molar-refractivity contribution in [2.24, 2.45) is 0 Å². The lowest BCUT2D eigenvalue weighted by Gasteiger charge is -2.35. The van der Waals surface area contributed by atoms with Crippen LogP contribution in [-0.4, -0.2) is 48.9 Å². The molecule has 0 amide bonds. The molecule has 3 aromatic rings. The van der Waals surface area contributed by atoms with E-state index in [1.165, 1.54) is 20.7 Å². The first kappa shape index (κ1) is 15.1. The van der Waals surface area contributed by atoms with Crippen LogP contribution in [0.4, 0.5) is 0 Å². The van der Waals surface area contributed by atoms with Gasteiger partial charge in [-0.15, -0.1) is 16.4 Å². The Morgan fingerprint density at radius 1 is 1.35 bits per heavy atom. The number of thiophene rings is 1. The van der Waals surface area contributed by atoms with Crippen molar-refractivity contribution >= 4 is 27.6 Å². The van der Waals surface area contributed by atoms with Crippen LogP contribution in [0.3, 0.4) is 0 Å². The second kappa shape index (κ2) is 5.86. The predicted molar refractivity (Wildman–Crippen MR) is 90.2 cm³/mol. The Morgan fingerprint density at radius 2 is 2.13 bits per heavy atom. The minimum absolute atomic E-state index is 0.00342. The van der Waals surface area contributed by atoms with E-state index in [2.05, 4.69) is 26.4 Å². The SMILES string of the molecule is Cc1nc2sc(C(c3cccs3)N3CCC(O)CC3)c(O)n2n1. The smallest absolute Gasteiger partial charge is 0.230 e. The van der Waals surface area contributed by atoms with Crippen molar-refractivity contribution in [3.05, 3.63) is 33.1 Å². The van der Waals surface area contributed by atoms with E-state index < -0.39 is 0 Å². The molecule has 0 aliphatic carbocycles. The fraction of sp³-hybridized carbons (Fsp3) is 0.467. The highest BCUT2D eigenvalue weighted by molar-refractivity contribution is 7.17. The van der Waals surface area contributed by atoms with E-state index in [1.54, 1.807) is 11.3 Å². The number of hydrogen-bond donors (Lipinski definition) is 2. The summed E-state index contributed by atoms with van der Waals surface area (Å²) in [6.07, 6.45) is 1.32. The summed E-state index contributed by atoms with van der Waals surface area (Å²) >= 11 is 3.17. The first-order valence-corrected chi connectivity index (χ1v) is 9.33. The van der Waals surface area contributed by atoms with Crippen molar-refractivity contribution in [3.8, 4) is 5.88 Å². The van der Waals surface area contributed by atoms with Gasteiger partial charge in [-0.05, 0) is 31.2 Å². The highest BCUT2D eigenvalue weighted by Gasteiger charge is 2.32. The molecular weight excluding hydrogens is 332 g/mol. The number of rotatable bonds is 3. The molecular formula is C15H18N4O2S2. The maximum atomic E-state index is 10.7. The van der Waals surface area contributed by atoms with Gasteiger partial charge in [-0.1, -0.05) is 17.4 Å². The summed E-state index contributed by atoms with van der Waals surface area (Å²) < 4.78 is 1.52. The molecule has 0 bridgehead atoms. The molecule has 0 aromatic carbocycles. The van der Waals surface area contributed by atoms with Gasteiger partial charge in [0.05, 0.1) is 17.0 Å². The Kier molecular flexibility index (Phi) is 3.84. The summed E-state index contributed by atoms with van der Waals surface area (Å²) in [4.78, 5) is 9.48. The predicted octanol–water partition coefficient (Wildman–Crippen LogP) is 2.41. The van der Waals surface area contributed by atoms with Gasteiger partial charge in [-0.3, -0.25) is 4.90 Å². The number of hydrogen-bond acceptors (Lipinski definition) is 7. The highest BCUT2D eigenvalue weighted by atomic mass is 32.1. The van der Waals surface area contributed by atoms with Gasteiger partial charge in [0, 0.05) is 18.0 Å². The maximum Gasteiger partial charge on any atom is 0.230 e. The van der Waals surface area contributed by atoms with Crippen molar-refractivity contribution < 1.29 is 10.2 Å². The summed E-state index contributed by atoms with van der Waals surface area (Å²) in [5.74, 6) is 0.835. The van der Waals surface area contributed by atoms with E-state index >= 15 is 0 Å². The lowest BCUT2D eigenvalue weighted by atomic mass is 10.0. The monoisotopic (exact) mass is 350 g/mol. The number of likely N-dealkylation sites (tertiary alicyclic amines) is 1. The summed E-state index contributed by atoms with van der Waals surface area (Å²) in [6, 6.07) is 4.13. The van der Waals surface area contributed by atoms with E-state index in [-0.39, 0.29) is 18.0 Å². The molecule has 23 heavy (non-hydrogen) atoms. The van der Waals surface area contributed by atoms with Crippen LogP contribution in [0.15, 0.2) is 17.5 Å². The second-order valence-electron chi connectivity index (χ2n) is 5.83. The zero-order valence-corrected chi connectivity index (χ0v) is 14.3. The molecule has 0 radical (unpaired) electrons. The third-order valence-corrected chi connectivity index (χ3v) is 6.23. The van der Waals surface area contributed by atoms with Crippen LogP contribution < -0.4 is 0 Å². The van der Waals surface area contributed by atoms with Gasteiger partial charge in [0.2, 0.25) is 10.8 Å². The maximum absolute atomic E-state index is 10.7. The number of fused-ring (bicyclic) bond motifs is 1. The average Bonchev–Trinajstić information content (AvgIpc) is 3.22. The van der Waals surface area contributed by atoms with Gasteiger partial charge >= 0.3 is 0 Å². The molecule has 1 fully saturated rings. The van der Waals surface area contributed by atoms with Crippen molar-refractivity contribution in [2.45, 2.75) is 31.9 Å². The van der Waals surface area contributed by atoms with Crippen LogP contribution in [0.25, 0.3) is 4.96 Å². The Bertz CT molecular complexity index is 803. The highest BCUT2D eigenvalue weighted by Crippen LogP contribution is 2.42. The number of aliphatic hydroxyl groups is 1. The molecule has 1 aliphatic rings. The van der Waals surface area contributed by atoms with Crippen LogP contribution in [0.5, 0.6) is 5.88 Å². The molecule has 1 unspecified atom stereocenters. The molecule has 1 atom stereocenters. The Morgan fingerprint density at radius 3 is 2.78 bits per heavy atom. The number of piperidine rings is 1. The molecule has 4 rings (SSSR count). The molecule has 2 N–H and O–H groups in total. The Balaban J connectivity index is 1.77. The van der Waals surface area contributed by atoms with Crippen molar-refractivity contribution in [1.82, 2.24) is 19.5 Å². The lowest BCUT2D eigenvalue weighted by Crippen LogP contribution is -2.38. The summed E-state index contributed by atoms with van der Waals surface area (Å²) in [6.45, 7) is 3.45. The van der Waals surface area contributed by atoms with Crippen molar-refractivity contribution in [2.75, 3.05) is 13.1 Å². The summed E-state index contributed by atoms with van der Waals surface area (Å²) in [5, 5.41) is 26.8. The summed E-state index contributed by atoms with van der Waals surface area (Å²) in [7, 11) is 0. The van der Waals surface area contributed by atoms with E-state index in [1.807, 2.05) is 13.0 Å². The molecule has 3 aromatic heterocycles. The molecule has 4 heterocycles. The normalized spacial score (nSPS) is 18.7. The molecule has 1 saturated heterocycles. The topological polar surface area (TPSA) is 73.9 Å². The fourth-order valence-corrected chi connectivity index (χ4v) is 5.19. The van der Waals surface area contributed by atoms with Crippen molar-refractivity contribution in [3.63, 3.8) is 0 Å². The minimum Gasteiger partial charge on any atom is -0.492 e. The first-order valence-electron chi connectivity index (χ1n) is 7.64. The average molecular weight is 350 g/mol. The van der Waals surface area contributed by atoms with E-state index in [4.69, 9.17) is 0 Å². The zero-order valence-electron chi connectivity index (χ0n) is 12.7. The van der Waals surface area contributed by atoms with E-state index in [9.17, 15) is 10.2 Å². The van der Waals surface area contributed by atoms with Crippen LogP contribution in [0.1, 0.15) is 34.5 Å². The van der Waals surface area contributed by atoms with Gasteiger partial charge in [-0.2, -0.15) is 4.52 Å². The molecule has 0 saturated carbocycles. The van der Waals surface area contributed by atoms with Gasteiger partial charge < -0.3 is 10.2 Å². The number of aryl methyl sites for hydroxylation is 1. The zero-order chi connectivity index (χ0) is 16.0. The molecule has 6 nitrogen and oxygen atoms in total. The Labute approximate surface area is 141 Å². The minimum atomic E-state index is -0.214. The van der Waals surface area contributed by atoms with Crippen LogP contribution >= 0.6 is 22.7 Å². The summed E-state index contributed by atoms with van der Waals surface area (Å²) in [5.41, 5.74) is 0. The van der Waals surface area contributed by atoms with Gasteiger partial charge in [0.15, 0.2) is 0 Å².